The molecule has 1 nitrogen and oxygen atoms in total. The predicted octanol–water partition coefficient (Wildman–Crippen LogP) is 4.39. The van der Waals surface area contributed by atoms with E-state index in [0.29, 0.717) is 6.10 Å². The van der Waals surface area contributed by atoms with Gasteiger partial charge in [0.25, 0.3) is 0 Å². The second kappa shape index (κ2) is 5.86. The topological polar surface area (TPSA) is 9.23 Å². The zero-order valence-electron chi connectivity index (χ0n) is 10.6. The lowest BCUT2D eigenvalue weighted by Crippen LogP contribution is -2.30. The van der Waals surface area contributed by atoms with E-state index in [9.17, 15) is 0 Å². The molecular formula is C14H25BrO. The Kier molecular flexibility index (Phi) is 4.72. The van der Waals surface area contributed by atoms with Crippen molar-refractivity contribution in [2.24, 2.45) is 17.8 Å². The molecule has 2 aliphatic rings. The maximum absolute atomic E-state index is 5.78. The van der Waals surface area contributed by atoms with E-state index in [1.165, 1.54) is 38.5 Å². The Morgan fingerprint density at radius 2 is 2.06 bits per heavy atom. The first-order chi connectivity index (χ1) is 7.66. The van der Waals surface area contributed by atoms with Gasteiger partial charge in [-0.1, -0.05) is 29.8 Å². The molecule has 0 bridgehead atoms. The molecular weight excluding hydrogens is 264 g/mol. The number of alkyl halides is 1. The van der Waals surface area contributed by atoms with Crippen LogP contribution in [0.2, 0.25) is 0 Å². The number of hydrogen-bond acceptors (Lipinski definition) is 1. The van der Waals surface area contributed by atoms with Gasteiger partial charge in [0.2, 0.25) is 0 Å². The highest BCUT2D eigenvalue weighted by atomic mass is 79.9. The number of hydrogen-bond donors (Lipinski definition) is 0. The maximum Gasteiger partial charge on any atom is 0.0579 e. The molecule has 2 heteroatoms. The maximum atomic E-state index is 5.78. The molecule has 2 fully saturated rings. The Hall–Kier alpha value is 0.440. The fraction of sp³-hybridized carbons (Fsp3) is 1.00. The molecule has 1 aliphatic carbocycles. The molecule has 0 aromatic carbocycles. The molecule has 1 saturated heterocycles. The SMILES string of the molecule is CC(C)C1CCC(Br)C(CC2CCCO2)C1. The minimum absolute atomic E-state index is 0.566. The molecule has 94 valence electrons. The van der Waals surface area contributed by atoms with Crippen LogP contribution in [0.4, 0.5) is 0 Å². The summed E-state index contributed by atoms with van der Waals surface area (Å²) in [5.74, 6) is 2.65. The second-order valence-electron chi connectivity index (χ2n) is 5.96. The van der Waals surface area contributed by atoms with Gasteiger partial charge in [0, 0.05) is 11.4 Å². The summed E-state index contributed by atoms with van der Waals surface area (Å²) in [7, 11) is 0. The van der Waals surface area contributed by atoms with Crippen LogP contribution in [0.25, 0.3) is 0 Å². The van der Waals surface area contributed by atoms with E-state index in [1.807, 2.05) is 0 Å². The van der Waals surface area contributed by atoms with Crippen molar-refractivity contribution in [1.82, 2.24) is 0 Å². The minimum Gasteiger partial charge on any atom is -0.378 e. The first-order valence-electron chi connectivity index (χ1n) is 6.92. The third kappa shape index (κ3) is 3.22. The average Bonchev–Trinajstić information content (AvgIpc) is 2.73. The van der Waals surface area contributed by atoms with Crippen molar-refractivity contribution in [2.75, 3.05) is 6.61 Å². The molecule has 4 atom stereocenters. The fourth-order valence-electron chi connectivity index (χ4n) is 3.28. The number of rotatable bonds is 3. The minimum atomic E-state index is 0.566. The number of halogens is 1. The lowest BCUT2D eigenvalue weighted by molar-refractivity contribution is 0.0761. The molecule has 0 radical (unpaired) electrons. The summed E-state index contributed by atoms with van der Waals surface area (Å²) in [6.45, 7) is 5.75. The largest absolute Gasteiger partial charge is 0.378 e. The Labute approximate surface area is 108 Å². The third-order valence-electron chi connectivity index (χ3n) is 4.46. The van der Waals surface area contributed by atoms with E-state index in [2.05, 4.69) is 29.8 Å². The Morgan fingerprint density at radius 3 is 2.69 bits per heavy atom. The van der Waals surface area contributed by atoms with Crippen molar-refractivity contribution in [2.45, 2.75) is 63.3 Å². The third-order valence-corrected chi connectivity index (χ3v) is 5.67. The Bertz CT molecular complexity index is 209. The van der Waals surface area contributed by atoms with Crippen molar-refractivity contribution >= 4 is 15.9 Å². The summed E-state index contributed by atoms with van der Waals surface area (Å²) in [4.78, 5) is 0.742. The van der Waals surface area contributed by atoms with E-state index in [0.717, 1.165) is 29.2 Å². The van der Waals surface area contributed by atoms with Crippen LogP contribution in [-0.2, 0) is 4.74 Å². The van der Waals surface area contributed by atoms with Crippen molar-refractivity contribution in [3.05, 3.63) is 0 Å². The summed E-state index contributed by atoms with van der Waals surface area (Å²) in [5, 5.41) is 0. The summed E-state index contributed by atoms with van der Waals surface area (Å²) in [6, 6.07) is 0. The molecule has 1 aliphatic heterocycles. The molecule has 0 amide bonds. The molecule has 4 unspecified atom stereocenters. The first-order valence-corrected chi connectivity index (χ1v) is 7.84. The lowest BCUT2D eigenvalue weighted by Gasteiger charge is -2.36. The van der Waals surface area contributed by atoms with E-state index >= 15 is 0 Å². The van der Waals surface area contributed by atoms with Crippen LogP contribution in [0.1, 0.15) is 52.4 Å². The Morgan fingerprint density at radius 1 is 1.25 bits per heavy atom. The zero-order valence-corrected chi connectivity index (χ0v) is 12.2. The van der Waals surface area contributed by atoms with Gasteiger partial charge in [-0.2, -0.15) is 0 Å². The zero-order chi connectivity index (χ0) is 11.5. The normalized spacial score (nSPS) is 40.5. The molecule has 0 aromatic heterocycles. The van der Waals surface area contributed by atoms with Crippen LogP contribution in [0.15, 0.2) is 0 Å². The van der Waals surface area contributed by atoms with E-state index in [1.54, 1.807) is 0 Å². The van der Waals surface area contributed by atoms with Gasteiger partial charge < -0.3 is 4.74 Å². The van der Waals surface area contributed by atoms with Gasteiger partial charge in [0.1, 0.15) is 0 Å². The van der Waals surface area contributed by atoms with Crippen LogP contribution < -0.4 is 0 Å². The van der Waals surface area contributed by atoms with Gasteiger partial charge in [-0.05, 0) is 56.3 Å². The van der Waals surface area contributed by atoms with Crippen LogP contribution >= 0.6 is 15.9 Å². The molecule has 1 heterocycles. The van der Waals surface area contributed by atoms with E-state index in [4.69, 9.17) is 4.74 Å². The summed E-state index contributed by atoms with van der Waals surface area (Å²) in [5.41, 5.74) is 0. The van der Waals surface area contributed by atoms with Crippen molar-refractivity contribution < 1.29 is 4.74 Å². The van der Waals surface area contributed by atoms with Crippen molar-refractivity contribution in [3.8, 4) is 0 Å². The molecule has 0 N–H and O–H groups in total. The highest BCUT2D eigenvalue weighted by Crippen LogP contribution is 2.40. The van der Waals surface area contributed by atoms with Gasteiger partial charge in [0.05, 0.1) is 6.10 Å². The van der Waals surface area contributed by atoms with Gasteiger partial charge in [-0.15, -0.1) is 0 Å². The van der Waals surface area contributed by atoms with E-state index < -0.39 is 0 Å². The van der Waals surface area contributed by atoms with Crippen LogP contribution in [0.5, 0.6) is 0 Å². The first kappa shape index (κ1) is 12.9. The number of ether oxygens (including phenoxy) is 1. The Balaban J connectivity index is 1.85. The van der Waals surface area contributed by atoms with E-state index in [-0.39, 0.29) is 0 Å². The fourth-order valence-corrected chi connectivity index (χ4v) is 3.98. The molecule has 16 heavy (non-hydrogen) atoms. The van der Waals surface area contributed by atoms with Gasteiger partial charge in [0.15, 0.2) is 0 Å². The van der Waals surface area contributed by atoms with Crippen LogP contribution in [-0.4, -0.2) is 17.5 Å². The van der Waals surface area contributed by atoms with Gasteiger partial charge >= 0.3 is 0 Å². The summed E-state index contributed by atoms with van der Waals surface area (Å²) in [6.07, 6.45) is 8.61. The average molecular weight is 289 g/mol. The predicted molar refractivity (Wildman–Crippen MR) is 72.0 cm³/mol. The van der Waals surface area contributed by atoms with Gasteiger partial charge in [-0.25, -0.2) is 0 Å². The van der Waals surface area contributed by atoms with Crippen molar-refractivity contribution in [1.29, 1.82) is 0 Å². The van der Waals surface area contributed by atoms with Crippen LogP contribution in [0, 0.1) is 17.8 Å². The standard InChI is InChI=1S/C14H25BrO/c1-10(2)11-5-6-14(15)12(8-11)9-13-4-3-7-16-13/h10-14H,3-9H2,1-2H3. The lowest BCUT2D eigenvalue weighted by atomic mass is 9.74. The monoisotopic (exact) mass is 288 g/mol. The summed E-state index contributed by atoms with van der Waals surface area (Å²) >= 11 is 3.88. The highest BCUT2D eigenvalue weighted by molar-refractivity contribution is 9.09. The molecule has 1 saturated carbocycles. The smallest absolute Gasteiger partial charge is 0.0579 e. The van der Waals surface area contributed by atoms with Gasteiger partial charge in [-0.3, -0.25) is 0 Å². The second-order valence-corrected chi connectivity index (χ2v) is 7.14. The van der Waals surface area contributed by atoms with Crippen molar-refractivity contribution in [3.63, 3.8) is 0 Å². The molecule has 0 spiro atoms. The quantitative estimate of drug-likeness (QED) is 0.700. The van der Waals surface area contributed by atoms with Crippen LogP contribution in [0.3, 0.4) is 0 Å². The highest BCUT2D eigenvalue weighted by Gasteiger charge is 2.32. The molecule has 0 aromatic rings. The molecule has 2 rings (SSSR count). The summed E-state index contributed by atoms with van der Waals surface area (Å²) < 4.78 is 5.78.